The van der Waals surface area contributed by atoms with E-state index in [9.17, 15) is 14.7 Å². The summed E-state index contributed by atoms with van der Waals surface area (Å²) in [6.07, 6.45) is 16.3. The number of unbranched alkanes of at least 4 members (excludes halogenated alkanes) is 3. The number of ether oxygens (including phenoxy) is 1. The molecule has 0 radical (unpaired) electrons. The summed E-state index contributed by atoms with van der Waals surface area (Å²) in [4.78, 5) is 25.2. The van der Waals surface area contributed by atoms with Crippen molar-refractivity contribution in [3.05, 3.63) is 60.2 Å². The molecule has 1 amide bonds. The third kappa shape index (κ3) is 10.4. The maximum absolute atomic E-state index is 12.3. The van der Waals surface area contributed by atoms with Crippen molar-refractivity contribution in [3.63, 3.8) is 0 Å². The fourth-order valence-corrected chi connectivity index (χ4v) is 4.18. The number of nitrogens with zero attached hydrogens (tertiary/aromatic N) is 1. The fourth-order valence-electron chi connectivity index (χ4n) is 4.18. The zero-order valence-corrected chi connectivity index (χ0v) is 20.3. The van der Waals surface area contributed by atoms with Crippen molar-refractivity contribution >= 4 is 11.9 Å². The molecule has 1 saturated heterocycles. The minimum absolute atomic E-state index is 0.0462. The predicted molar refractivity (Wildman–Crippen MR) is 133 cm³/mol. The Bertz CT molecular complexity index is 758. The molecule has 0 bridgehead atoms. The Morgan fingerprint density at radius 3 is 2.73 bits per heavy atom. The molecule has 5 nitrogen and oxygen atoms in total. The van der Waals surface area contributed by atoms with Crippen molar-refractivity contribution in [2.75, 3.05) is 13.7 Å². The Morgan fingerprint density at radius 2 is 1.97 bits per heavy atom. The van der Waals surface area contributed by atoms with Crippen LogP contribution in [-0.4, -0.2) is 47.7 Å². The second kappa shape index (κ2) is 15.4. The number of carbonyl (C=O) groups excluding carboxylic acids is 2. The fraction of sp³-hybridized carbons (Fsp3) is 0.571. The lowest BCUT2D eigenvalue weighted by Crippen LogP contribution is -2.32. The van der Waals surface area contributed by atoms with Gasteiger partial charge in [-0.05, 0) is 50.0 Å². The summed E-state index contributed by atoms with van der Waals surface area (Å²) in [5.41, 5.74) is 1.39. The maximum Gasteiger partial charge on any atom is 0.305 e. The molecule has 33 heavy (non-hydrogen) atoms. The molecule has 1 heterocycles. The average Bonchev–Trinajstić information content (AvgIpc) is 3.18. The third-order valence-corrected chi connectivity index (χ3v) is 6.40. The number of hydrogen-bond acceptors (Lipinski definition) is 4. The van der Waals surface area contributed by atoms with E-state index in [4.69, 9.17) is 0 Å². The lowest BCUT2D eigenvalue weighted by atomic mass is 9.95. The molecule has 3 atom stereocenters. The molecule has 2 rings (SSSR count). The van der Waals surface area contributed by atoms with E-state index >= 15 is 0 Å². The van der Waals surface area contributed by atoms with Crippen molar-refractivity contribution in [3.8, 4) is 0 Å². The first-order valence-electron chi connectivity index (χ1n) is 12.4. The van der Waals surface area contributed by atoms with Gasteiger partial charge in [0.05, 0.1) is 19.3 Å². The number of aliphatic hydroxyl groups is 1. The molecule has 0 spiro atoms. The van der Waals surface area contributed by atoms with Crippen LogP contribution >= 0.6 is 0 Å². The van der Waals surface area contributed by atoms with E-state index in [1.807, 2.05) is 35.3 Å². The van der Waals surface area contributed by atoms with Gasteiger partial charge in [-0.3, -0.25) is 9.59 Å². The van der Waals surface area contributed by atoms with E-state index in [1.54, 1.807) is 0 Å². The number of aryl methyl sites for hydroxylation is 1. The van der Waals surface area contributed by atoms with E-state index in [0.29, 0.717) is 19.4 Å². The van der Waals surface area contributed by atoms with Crippen molar-refractivity contribution in [1.29, 1.82) is 0 Å². The summed E-state index contributed by atoms with van der Waals surface area (Å²) in [5, 5.41) is 10.6. The number of methoxy groups -OCH3 is 1. The van der Waals surface area contributed by atoms with Gasteiger partial charge in [0.1, 0.15) is 0 Å². The molecule has 1 aromatic rings. The van der Waals surface area contributed by atoms with Gasteiger partial charge in [-0.25, -0.2) is 0 Å². The molecular formula is C28H41NO4. The highest BCUT2D eigenvalue weighted by Crippen LogP contribution is 2.21. The van der Waals surface area contributed by atoms with Crippen molar-refractivity contribution in [2.24, 2.45) is 5.92 Å². The molecule has 1 aromatic carbocycles. The highest BCUT2D eigenvalue weighted by Gasteiger charge is 2.28. The molecular weight excluding hydrogens is 414 g/mol. The summed E-state index contributed by atoms with van der Waals surface area (Å²) in [6, 6.07) is 10.6. The van der Waals surface area contributed by atoms with E-state index in [0.717, 1.165) is 38.5 Å². The van der Waals surface area contributed by atoms with Gasteiger partial charge in [-0.1, -0.05) is 74.4 Å². The van der Waals surface area contributed by atoms with Gasteiger partial charge in [-0.15, -0.1) is 0 Å². The van der Waals surface area contributed by atoms with E-state index in [-0.39, 0.29) is 23.8 Å². The van der Waals surface area contributed by atoms with Gasteiger partial charge in [0.2, 0.25) is 5.91 Å². The van der Waals surface area contributed by atoms with Crippen LogP contribution in [0.15, 0.2) is 54.6 Å². The highest BCUT2D eigenvalue weighted by molar-refractivity contribution is 5.79. The Labute approximate surface area is 199 Å². The minimum Gasteiger partial charge on any atom is -0.469 e. The molecule has 1 aliphatic heterocycles. The van der Waals surface area contributed by atoms with Crippen LogP contribution in [0.5, 0.6) is 0 Å². The van der Waals surface area contributed by atoms with Crippen LogP contribution in [-0.2, 0) is 20.7 Å². The summed E-state index contributed by atoms with van der Waals surface area (Å²) in [7, 11) is 1.40. The second-order valence-electron chi connectivity index (χ2n) is 9.03. The Kier molecular flexibility index (Phi) is 12.6. The first kappa shape index (κ1) is 26.8. The van der Waals surface area contributed by atoms with Crippen LogP contribution < -0.4 is 0 Å². The van der Waals surface area contributed by atoms with Gasteiger partial charge >= 0.3 is 5.97 Å². The Balaban J connectivity index is 1.66. The van der Waals surface area contributed by atoms with Crippen LogP contribution in [0.2, 0.25) is 0 Å². The summed E-state index contributed by atoms with van der Waals surface area (Å²) >= 11 is 0. The number of carbonyl (C=O) groups is 2. The van der Waals surface area contributed by atoms with Crippen LogP contribution in [0.25, 0.3) is 0 Å². The Morgan fingerprint density at radius 1 is 1.18 bits per heavy atom. The average molecular weight is 456 g/mol. The number of likely N-dealkylation sites (tertiary alicyclic amines) is 1. The van der Waals surface area contributed by atoms with Crippen LogP contribution in [0.3, 0.4) is 0 Å². The molecule has 0 aliphatic carbocycles. The Hall–Kier alpha value is -2.40. The van der Waals surface area contributed by atoms with E-state index in [2.05, 4.69) is 35.9 Å². The van der Waals surface area contributed by atoms with Crippen molar-refractivity contribution in [2.45, 2.75) is 83.3 Å². The van der Waals surface area contributed by atoms with E-state index in [1.165, 1.54) is 25.5 Å². The summed E-state index contributed by atoms with van der Waals surface area (Å²) in [6.45, 7) is 2.67. The zero-order valence-electron chi connectivity index (χ0n) is 20.3. The molecule has 0 aromatic heterocycles. The highest BCUT2D eigenvalue weighted by atomic mass is 16.5. The molecule has 5 heteroatoms. The quantitative estimate of drug-likeness (QED) is 0.223. The number of benzene rings is 1. The SMILES string of the molecule is COC(=O)CCC/C=C\CN1C(=O)CC[C@@H]1/C=C/[C@@H](O)[C@@H](C)CCCCCc1ccccc1. The number of rotatable bonds is 15. The largest absolute Gasteiger partial charge is 0.469 e. The topological polar surface area (TPSA) is 66.8 Å². The van der Waals surface area contributed by atoms with Crippen LogP contribution in [0.1, 0.15) is 70.3 Å². The molecule has 1 fully saturated rings. The number of esters is 1. The number of allylic oxidation sites excluding steroid dienone is 1. The third-order valence-electron chi connectivity index (χ3n) is 6.40. The van der Waals surface area contributed by atoms with Gasteiger partial charge in [-0.2, -0.15) is 0 Å². The normalized spacial score (nSPS) is 18.3. The summed E-state index contributed by atoms with van der Waals surface area (Å²) < 4.78 is 4.63. The molecule has 0 saturated carbocycles. The molecule has 1 N–H and O–H groups in total. The number of aliphatic hydroxyl groups excluding tert-OH is 1. The van der Waals surface area contributed by atoms with Gasteiger partial charge in [0, 0.05) is 19.4 Å². The maximum atomic E-state index is 12.3. The first-order chi connectivity index (χ1) is 16.0. The lowest BCUT2D eigenvalue weighted by Gasteiger charge is -2.22. The smallest absolute Gasteiger partial charge is 0.305 e. The lowest BCUT2D eigenvalue weighted by molar-refractivity contribution is -0.140. The monoisotopic (exact) mass is 455 g/mol. The van der Waals surface area contributed by atoms with Crippen molar-refractivity contribution < 1.29 is 19.4 Å². The minimum atomic E-state index is -0.481. The van der Waals surface area contributed by atoms with Gasteiger partial charge < -0.3 is 14.7 Å². The van der Waals surface area contributed by atoms with E-state index < -0.39 is 6.10 Å². The van der Waals surface area contributed by atoms with Crippen LogP contribution in [0.4, 0.5) is 0 Å². The number of amides is 1. The summed E-state index contributed by atoms with van der Waals surface area (Å²) in [5.74, 6) is 0.173. The van der Waals surface area contributed by atoms with Crippen LogP contribution in [0, 0.1) is 5.92 Å². The first-order valence-corrected chi connectivity index (χ1v) is 12.4. The van der Waals surface area contributed by atoms with Crippen molar-refractivity contribution in [1.82, 2.24) is 4.90 Å². The molecule has 0 unspecified atom stereocenters. The van der Waals surface area contributed by atoms with Gasteiger partial charge in [0.15, 0.2) is 0 Å². The number of hydrogen-bond donors (Lipinski definition) is 1. The second-order valence-corrected chi connectivity index (χ2v) is 9.03. The standard InChI is InChI=1S/C28H41NO4/c1-23(13-7-5-8-14-24-15-9-6-10-16-24)26(30)20-18-25-19-21-27(31)29(25)22-12-4-3-11-17-28(32)33-2/h4,6,9-10,12,15-16,18,20,23,25-26,30H,3,5,7-8,11,13-14,17,19,21-22H2,1-2H3/b12-4-,20-18+/t23-,25-,26+/m0/s1. The molecule has 1 aliphatic rings. The van der Waals surface area contributed by atoms with Gasteiger partial charge in [0.25, 0.3) is 0 Å². The molecule has 182 valence electrons. The predicted octanol–water partition coefficient (Wildman–Crippen LogP) is 5.23. The zero-order chi connectivity index (χ0) is 23.9.